The summed E-state index contributed by atoms with van der Waals surface area (Å²) >= 11 is 0. The van der Waals surface area contributed by atoms with Crippen molar-refractivity contribution < 1.29 is 23.7 Å². The van der Waals surface area contributed by atoms with E-state index in [1.807, 2.05) is 19.1 Å². The molecule has 0 aliphatic heterocycles. The molecule has 7 heteroatoms. The highest BCUT2D eigenvalue weighted by Crippen LogP contribution is 2.32. The lowest BCUT2D eigenvalue weighted by Gasteiger charge is -2.28. The highest BCUT2D eigenvalue weighted by Gasteiger charge is 2.26. The van der Waals surface area contributed by atoms with E-state index in [1.165, 1.54) is 0 Å². The second-order valence-corrected chi connectivity index (χ2v) is 6.85. The number of methoxy groups -OCH3 is 1. The molecule has 1 aromatic carbocycles. The van der Waals surface area contributed by atoms with Crippen molar-refractivity contribution in [2.75, 3.05) is 13.7 Å². The van der Waals surface area contributed by atoms with Crippen molar-refractivity contribution in [1.29, 1.82) is 0 Å². The number of hydrogen-bond donors (Lipinski definition) is 1. The van der Waals surface area contributed by atoms with Crippen LogP contribution in [-0.2, 0) is 27.2 Å². The minimum absolute atomic E-state index is 0.0902. The average molecular weight is 429 g/mol. The van der Waals surface area contributed by atoms with Gasteiger partial charge < -0.3 is 24.7 Å². The SMILES string of the molecule is C/C=C\OC(Oc1cc(OC)ccc1CC(=O)OCC)C(CC)c1ccnc(CN)c1. The zero-order valence-electron chi connectivity index (χ0n) is 18.7. The number of allylic oxidation sites excluding steroid dienone is 1. The highest BCUT2D eigenvalue weighted by molar-refractivity contribution is 5.73. The summed E-state index contributed by atoms with van der Waals surface area (Å²) in [5, 5.41) is 0. The van der Waals surface area contributed by atoms with Crippen LogP contribution >= 0.6 is 0 Å². The molecule has 168 valence electrons. The first kappa shape index (κ1) is 24.2. The lowest BCUT2D eigenvalue weighted by Crippen LogP contribution is -2.27. The molecule has 0 bridgehead atoms. The Morgan fingerprint density at radius 3 is 2.68 bits per heavy atom. The van der Waals surface area contributed by atoms with Crippen molar-refractivity contribution >= 4 is 5.97 Å². The molecule has 2 atom stereocenters. The number of pyridine rings is 1. The minimum atomic E-state index is -0.637. The fourth-order valence-electron chi connectivity index (χ4n) is 3.20. The predicted octanol–water partition coefficient (Wildman–Crippen LogP) is 4.10. The number of ether oxygens (including phenoxy) is 4. The smallest absolute Gasteiger partial charge is 0.310 e. The molecule has 0 aliphatic rings. The molecule has 0 saturated carbocycles. The van der Waals surface area contributed by atoms with Crippen LogP contribution in [-0.4, -0.2) is 31.0 Å². The normalized spacial score (nSPS) is 12.9. The topological polar surface area (TPSA) is 92.9 Å². The Bertz CT molecular complexity index is 869. The monoisotopic (exact) mass is 428 g/mol. The third kappa shape index (κ3) is 7.00. The Morgan fingerprint density at radius 1 is 1.23 bits per heavy atom. The summed E-state index contributed by atoms with van der Waals surface area (Å²) in [6, 6.07) is 9.25. The summed E-state index contributed by atoms with van der Waals surface area (Å²) in [7, 11) is 1.58. The maximum absolute atomic E-state index is 12.1. The maximum atomic E-state index is 12.1. The Morgan fingerprint density at radius 2 is 2.03 bits per heavy atom. The van der Waals surface area contributed by atoms with E-state index in [2.05, 4.69) is 11.9 Å². The van der Waals surface area contributed by atoms with Gasteiger partial charge in [-0.2, -0.15) is 0 Å². The number of esters is 1. The zero-order chi connectivity index (χ0) is 22.6. The van der Waals surface area contributed by atoms with Crippen molar-refractivity contribution in [3.05, 3.63) is 65.7 Å². The fraction of sp³-hybridized carbons (Fsp3) is 0.417. The summed E-state index contributed by atoms with van der Waals surface area (Å²) in [6.07, 6.45) is 5.35. The average Bonchev–Trinajstić information content (AvgIpc) is 2.79. The van der Waals surface area contributed by atoms with Gasteiger partial charge in [-0.3, -0.25) is 9.78 Å². The van der Waals surface area contributed by atoms with Gasteiger partial charge in [0.15, 0.2) is 0 Å². The number of nitrogens with two attached hydrogens (primary N) is 1. The number of carbonyl (C=O) groups excluding carboxylic acids is 1. The van der Waals surface area contributed by atoms with E-state index < -0.39 is 6.29 Å². The summed E-state index contributed by atoms with van der Waals surface area (Å²) in [5.74, 6) is 0.714. The van der Waals surface area contributed by atoms with Crippen LogP contribution in [0.1, 0.15) is 49.9 Å². The summed E-state index contributed by atoms with van der Waals surface area (Å²) in [6.45, 7) is 6.38. The van der Waals surface area contributed by atoms with Crippen LogP contribution in [0.4, 0.5) is 0 Å². The maximum Gasteiger partial charge on any atom is 0.310 e. The van der Waals surface area contributed by atoms with Gasteiger partial charge >= 0.3 is 5.97 Å². The Labute approximate surface area is 184 Å². The van der Waals surface area contributed by atoms with Crippen molar-refractivity contribution in [2.24, 2.45) is 5.73 Å². The lowest BCUT2D eigenvalue weighted by atomic mass is 9.95. The molecule has 2 rings (SSSR count). The van der Waals surface area contributed by atoms with Crippen LogP contribution < -0.4 is 15.2 Å². The van der Waals surface area contributed by atoms with Crippen LogP contribution in [0.3, 0.4) is 0 Å². The molecule has 0 spiro atoms. The van der Waals surface area contributed by atoms with Crippen LogP contribution in [0, 0.1) is 0 Å². The molecule has 1 aromatic heterocycles. The summed E-state index contributed by atoms with van der Waals surface area (Å²) in [4.78, 5) is 16.4. The van der Waals surface area contributed by atoms with Gasteiger partial charge in [-0.15, -0.1) is 0 Å². The number of aromatic nitrogens is 1. The van der Waals surface area contributed by atoms with Gasteiger partial charge in [0, 0.05) is 24.4 Å². The first-order valence-corrected chi connectivity index (χ1v) is 10.5. The van der Waals surface area contributed by atoms with Crippen LogP contribution in [0.2, 0.25) is 0 Å². The second-order valence-electron chi connectivity index (χ2n) is 6.85. The van der Waals surface area contributed by atoms with Gasteiger partial charge in [0.1, 0.15) is 11.5 Å². The van der Waals surface area contributed by atoms with E-state index >= 15 is 0 Å². The number of benzene rings is 1. The van der Waals surface area contributed by atoms with E-state index in [9.17, 15) is 4.79 Å². The summed E-state index contributed by atoms with van der Waals surface area (Å²) < 4.78 is 22.7. The van der Waals surface area contributed by atoms with Crippen LogP contribution in [0.5, 0.6) is 11.5 Å². The van der Waals surface area contributed by atoms with Gasteiger partial charge in [-0.05, 0) is 44.0 Å². The number of hydrogen-bond acceptors (Lipinski definition) is 7. The molecule has 0 amide bonds. The van der Waals surface area contributed by atoms with Gasteiger partial charge in [0.2, 0.25) is 6.29 Å². The molecule has 31 heavy (non-hydrogen) atoms. The highest BCUT2D eigenvalue weighted by atomic mass is 16.7. The Kier molecular flexibility index (Phi) is 9.84. The molecule has 2 N–H and O–H groups in total. The van der Waals surface area contributed by atoms with E-state index in [0.29, 0.717) is 30.2 Å². The molecule has 0 radical (unpaired) electrons. The second kappa shape index (κ2) is 12.6. The molecule has 7 nitrogen and oxygen atoms in total. The van der Waals surface area contributed by atoms with Gasteiger partial charge in [-0.1, -0.05) is 19.1 Å². The van der Waals surface area contributed by atoms with Crippen LogP contribution in [0.15, 0.2) is 48.9 Å². The molecule has 0 fully saturated rings. The largest absolute Gasteiger partial charge is 0.497 e. The predicted molar refractivity (Wildman–Crippen MR) is 119 cm³/mol. The molecule has 2 aromatic rings. The van der Waals surface area contributed by atoms with Crippen molar-refractivity contribution in [3.8, 4) is 11.5 Å². The standard InChI is InChI=1S/C24H32N2O5/c1-5-12-30-24(21(6-2)17-10-11-26-19(13-17)16-25)31-22-15-20(28-4)9-8-18(22)14-23(27)29-7-3/h5,8-13,15,21,24H,6-7,14,16,25H2,1-4H3/b12-5-. The van der Waals surface area contributed by atoms with Gasteiger partial charge in [0.05, 0.1) is 38.0 Å². The zero-order valence-corrected chi connectivity index (χ0v) is 18.7. The minimum Gasteiger partial charge on any atom is -0.497 e. The first-order valence-electron chi connectivity index (χ1n) is 10.5. The van der Waals surface area contributed by atoms with Crippen molar-refractivity contribution in [3.63, 3.8) is 0 Å². The van der Waals surface area contributed by atoms with E-state index in [1.54, 1.807) is 50.8 Å². The molecule has 0 saturated heterocycles. The van der Waals surface area contributed by atoms with Gasteiger partial charge in [-0.25, -0.2) is 0 Å². The van der Waals surface area contributed by atoms with E-state index in [4.69, 9.17) is 24.7 Å². The lowest BCUT2D eigenvalue weighted by molar-refractivity contribution is -0.142. The fourth-order valence-corrected chi connectivity index (χ4v) is 3.20. The molecule has 2 unspecified atom stereocenters. The molecule has 1 heterocycles. The van der Waals surface area contributed by atoms with Crippen molar-refractivity contribution in [2.45, 2.75) is 52.4 Å². The number of rotatable bonds is 12. The number of nitrogens with zero attached hydrogens (tertiary/aromatic N) is 1. The molecular weight excluding hydrogens is 396 g/mol. The first-order chi connectivity index (χ1) is 15.1. The van der Waals surface area contributed by atoms with E-state index in [0.717, 1.165) is 17.7 Å². The number of carbonyl (C=O) groups is 1. The molecule has 0 aliphatic carbocycles. The Balaban J connectivity index is 2.40. The van der Waals surface area contributed by atoms with Crippen molar-refractivity contribution in [1.82, 2.24) is 4.98 Å². The Hall–Kier alpha value is -3.06. The summed E-state index contributed by atoms with van der Waals surface area (Å²) in [5.41, 5.74) is 8.28. The third-order valence-electron chi connectivity index (χ3n) is 4.75. The van der Waals surface area contributed by atoms with Gasteiger partial charge in [0.25, 0.3) is 0 Å². The quantitative estimate of drug-likeness (QED) is 0.309. The third-order valence-corrected chi connectivity index (χ3v) is 4.75. The molecular formula is C24H32N2O5. The van der Waals surface area contributed by atoms with E-state index in [-0.39, 0.29) is 18.3 Å². The van der Waals surface area contributed by atoms with Crippen LogP contribution in [0.25, 0.3) is 0 Å².